The van der Waals surface area contributed by atoms with Gasteiger partial charge in [0.2, 0.25) is 4.77 Å². The summed E-state index contributed by atoms with van der Waals surface area (Å²) in [5, 5.41) is 13.2. The van der Waals surface area contributed by atoms with Gasteiger partial charge < -0.3 is 24.8 Å². The summed E-state index contributed by atoms with van der Waals surface area (Å²) in [4.78, 5) is 16.2. The highest BCUT2D eigenvalue weighted by Gasteiger charge is 2.55. The van der Waals surface area contributed by atoms with Gasteiger partial charge in [-0.25, -0.2) is 13.9 Å². The zero-order chi connectivity index (χ0) is 26.7. The van der Waals surface area contributed by atoms with E-state index in [0.717, 1.165) is 6.92 Å². The van der Waals surface area contributed by atoms with E-state index in [1.807, 2.05) is 0 Å². The SMILES string of the molecule is CC(C)OC(=O)[C@H](C)NP(=O)(OC[C@H]1O[C@@H](n2ccc(N)nc2=S)[C@](C)(F)C1O)Oc1ccccc1. The summed E-state index contributed by atoms with van der Waals surface area (Å²) in [5.74, 6) is -0.340. The van der Waals surface area contributed by atoms with Crippen molar-refractivity contribution in [2.75, 3.05) is 12.3 Å². The highest BCUT2D eigenvalue weighted by atomic mass is 32.1. The Hall–Kier alpha value is -2.41. The predicted molar refractivity (Wildman–Crippen MR) is 131 cm³/mol. The third kappa shape index (κ3) is 6.67. The summed E-state index contributed by atoms with van der Waals surface area (Å²) in [6.07, 6.45) is -3.31. The van der Waals surface area contributed by atoms with Crippen molar-refractivity contribution in [3.05, 3.63) is 47.4 Å². The van der Waals surface area contributed by atoms with Crippen LogP contribution in [0.15, 0.2) is 42.6 Å². The lowest BCUT2D eigenvalue weighted by Crippen LogP contribution is -2.41. The second-order valence-corrected chi connectivity index (χ2v) is 10.8. The number of nitrogens with one attached hydrogen (secondary N) is 1. The maximum Gasteiger partial charge on any atom is 0.459 e. The first-order chi connectivity index (χ1) is 16.8. The quantitative estimate of drug-likeness (QED) is 0.230. The number of nitrogens with zero attached hydrogens (tertiary/aromatic N) is 2. The molecule has 0 radical (unpaired) electrons. The number of aliphatic hydroxyl groups excluding tert-OH is 1. The van der Waals surface area contributed by atoms with Crippen LogP contribution in [0.3, 0.4) is 0 Å². The zero-order valence-electron chi connectivity index (χ0n) is 20.2. The number of hydrogen-bond donors (Lipinski definition) is 3. The number of carbonyl (C=O) groups is 1. The number of anilines is 1. The van der Waals surface area contributed by atoms with E-state index in [9.17, 15) is 14.5 Å². The lowest BCUT2D eigenvalue weighted by molar-refractivity contribution is -0.149. The number of hydrogen-bond acceptors (Lipinski definition) is 10. The van der Waals surface area contributed by atoms with Crippen LogP contribution in [0.5, 0.6) is 5.75 Å². The number of aromatic nitrogens is 2. The van der Waals surface area contributed by atoms with Crippen LogP contribution in [0, 0.1) is 4.77 Å². The molecule has 1 fully saturated rings. The van der Waals surface area contributed by atoms with Gasteiger partial charge in [-0.3, -0.25) is 13.9 Å². The van der Waals surface area contributed by atoms with Gasteiger partial charge in [-0.2, -0.15) is 5.09 Å². The molecule has 1 aliphatic rings. The van der Waals surface area contributed by atoms with Crippen LogP contribution < -0.4 is 15.3 Å². The Morgan fingerprint density at radius 1 is 1.36 bits per heavy atom. The Labute approximate surface area is 213 Å². The summed E-state index contributed by atoms with van der Waals surface area (Å²) in [5.41, 5.74) is 3.31. The monoisotopic (exact) mass is 544 g/mol. The van der Waals surface area contributed by atoms with Crippen molar-refractivity contribution in [3.8, 4) is 5.75 Å². The second kappa shape index (κ2) is 11.3. The largest absolute Gasteiger partial charge is 0.462 e. The minimum atomic E-state index is -4.24. The summed E-state index contributed by atoms with van der Waals surface area (Å²) in [6.45, 7) is 5.37. The first-order valence-electron chi connectivity index (χ1n) is 11.2. The van der Waals surface area contributed by atoms with E-state index in [-0.39, 0.29) is 16.3 Å². The predicted octanol–water partition coefficient (Wildman–Crippen LogP) is 3.31. The summed E-state index contributed by atoms with van der Waals surface area (Å²) < 4.78 is 52.3. The van der Waals surface area contributed by atoms with Crippen molar-refractivity contribution in [2.24, 2.45) is 0 Å². The number of ether oxygens (including phenoxy) is 2. The molecule has 6 atom stereocenters. The Morgan fingerprint density at radius 3 is 2.64 bits per heavy atom. The van der Waals surface area contributed by atoms with Crippen LogP contribution in [0.2, 0.25) is 0 Å². The Bertz CT molecular complexity index is 1170. The fourth-order valence-corrected chi connectivity index (χ4v) is 5.22. The van der Waals surface area contributed by atoms with Crippen molar-refractivity contribution < 1.29 is 37.4 Å². The van der Waals surface area contributed by atoms with Gasteiger partial charge in [-0.05, 0) is 58.1 Å². The van der Waals surface area contributed by atoms with Gasteiger partial charge in [0.05, 0.1) is 12.7 Å². The van der Waals surface area contributed by atoms with Gasteiger partial charge in [0.1, 0.15) is 29.8 Å². The average molecular weight is 545 g/mol. The topological polar surface area (TPSA) is 147 Å². The molecule has 4 N–H and O–H groups in total. The van der Waals surface area contributed by atoms with Gasteiger partial charge in [0.15, 0.2) is 11.9 Å². The van der Waals surface area contributed by atoms with E-state index >= 15 is 4.39 Å². The molecule has 0 aliphatic carbocycles. The van der Waals surface area contributed by atoms with E-state index in [0.29, 0.717) is 0 Å². The first kappa shape index (κ1) is 28.2. The van der Waals surface area contributed by atoms with Crippen molar-refractivity contribution >= 4 is 31.8 Å². The van der Waals surface area contributed by atoms with Crippen LogP contribution in [-0.2, 0) is 23.4 Å². The van der Waals surface area contributed by atoms with E-state index in [1.165, 1.54) is 23.8 Å². The number of rotatable bonds is 10. The lowest BCUT2D eigenvalue weighted by Gasteiger charge is -2.25. The number of esters is 1. The molecule has 1 saturated heterocycles. The van der Waals surface area contributed by atoms with Crippen LogP contribution in [0.1, 0.15) is 33.9 Å². The smallest absolute Gasteiger partial charge is 0.459 e. The molecule has 0 saturated carbocycles. The number of alkyl halides is 1. The first-order valence-corrected chi connectivity index (χ1v) is 13.1. The molecule has 2 aromatic rings. The number of aliphatic hydroxyl groups is 1. The van der Waals surface area contributed by atoms with Crippen molar-refractivity contribution in [2.45, 2.75) is 63.9 Å². The highest BCUT2D eigenvalue weighted by Crippen LogP contribution is 2.47. The van der Waals surface area contributed by atoms with Gasteiger partial charge in [-0.15, -0.1) is 0 Å². The average Bonchev–Trinajstić information content (AvgIpc) is 3.01. The van der Waals surface area contributed by atoms with Crippen molar-refractivity contribution in [1.82, 2.24) is 14.6 Å². The molecule has 1 aromatic carbocycles. The molecule has 0 bridgehead atoms. The van der Waals surface area contributed by atoms with Crippen LogP contribution in [0.25, 0.3) is 0 Å². The second-order valence-electron chi connectivity index (χ2n) is 8.70. The molecule has 2 heterocycles. The molecular formula is C22H30FN4O7PS. The third-order valence-corrected chi connectivity index (χ3v) is 7.20. The lowest BCUT2D eigenvalue weighted by atomic mass is 9.98. The van der Waals surface area contributed by atoms with Gasteiger partial charge in [0.25, 0.3) is 0 Å². The Balaban J connectivity index is 1.79. The highest BCUT2D eigenvalue weighted by molar-refractivity contribution is 7.71. The van der Waals surface area contributed by atoms with E-state index in [2.05, 4.69) is 10.1 Å². The molecule has 14 heteroatoms. The molecule has 3 rings (SSSR count). The molecular weight excluding hydrogens is 514 g/mol. The maximum atomic E-state index is 15.6. The van der Waals surface area contributed by atoms with Gasteiger partial charge in [0, 0.05) is 6.20 Å². The third-order valence-electron chi connectivity index (χ3n) is 5.26. The number of para-hydroxylation sites is 1. The summed E-state index contributed by atoms with van der Waals surface area (Å²) in [7, 11) is -4.24. The number of nitrogens with two attached hydrogens (primary N) is 1. The van der Waals surface area contributed by atoms with Gasteiger partial charge in [-0.1, -0.05) is 18.2 Å². The molecule has 1 aromatic heterocycles. The van der Waals surface area contributed by atoms with Crippen LogP contribution >= 0.6 is 20.0 Å². The van der Waals surface area contributed by atoms with E-state index in [1.54, 1.807) is 44.2 Å². The molecule has 36 heavy (non-hydrogen) atoms. The minimum Gasteiger partial charge on any atom is -0.462 e. The van der Waals surface area contributed by atoms with Crippen LogP contribution in [-0.4, -0.2) is 57.3 Å². The number of benzene rings is 1. The Kier molecular flexibility index (Phi) is 8.86. The molecule has 11 nitrogen and oxygen atoms in total. The van der Waals surface area contributed by atoms with Crippen molar-refractivity contribution in [3.63, 3.8) is 0 Å². The fourth-order valence-electron chi connectivity index (χ4n) is 3.46. The normalized spacial score (nSPS) is 26.4. The molecule has 0 amide bonds. The number of carbonyl (C=O) groups excluding carboxylic acids is 1. The molecule has 2 unspecified atom stereocenters. The van der Waals surface area contributed by atoms with E-state index < -0.39 is 56.6 Å². The molecule has 198 valence electrons. The molecule has 1 aliphatic heterocycles. The van der Waals surface area contributed by atoms with E-state index in [4.69, 9.17) is 36.5 Å². The maximum absolute atomic E-state index is 15.6. The Morgan fingerprint density at radius 2 is 2.03 bits per heavy atom. The minimum absolute atomic E-state index is 0.0464. The molecule has 0 spiro atoms. The summed E-state index contributed by atoms with van der Waals surface area (Å²) >= 11 is 5.15. The fraction of sp³-hybridized carbons (Fsp3) is 0.500. The summed E-state index contributed by atoms with van der Waals surface area (Å²) in [6, 6.07) is 8.47. The van der Waals surface area contributed by atoms with Crippen LogP contribution in [0.4, 0.5) is 10.2 Å². The number of nitrogen functional groups attached to an aromatic ring is 1. The number of halogens is 1. The standard InChI is InChI=1S/C22H30FN4O7PS/c1-13(2)32-19(29)14(3)26-35(30,34-15-8-6-5-7-9-15)31-12-16-18(28)22(4,23)20(33-16)27-11-10-17(24)25-21(27)36/h5-11,13-14,16,18,20,28H,12H2,1-4H3,(H,26,30)(H2,24,25,36)/t14-,16+,18?,20+,22+,35?/m0/s1. The zero-order valence-corrected chi connectivity index (χ0v) is 21.9. The van der Waals surface area contributed by atoms with Gasteiger partial charge >= 0.3 is 13.7 Å². The van der Waals surface area contributed by atoms with Crippen molar-refractivity contribution in [1.29, 1.82) is 0 Å².